The molecule has 15 atom stereocenters. The van der Waals surface area contributed by atoms with E-state index in [1.54, 1.807) is 21.3 Å². The molecule has 0 saturated heterocycles. The number of H-pyrrole nitrogens is 1. The molecule has 2 aromatic heterocycles. The van der Waals surface area contributed by atoms with Crippen LogP contribution in [0.1, 0.15) is 35.3 Å². The number of carbonyl (C=O) groups excluding carboxylic acids is 6. The van der Waals surface area contributed by atoms with Crippen LogP contribution in [0.3, 0.4) is 0 Å². The number of nitrogens with zero attached hydrogens (tertiary/aromatic N) is 3. The van der Waals surface area contributed by atoms with E-state index in [-0.39, 0.29) is 29.2 Å². The molecule has 0 aliphatic rings. The van der Waals surface area contributed by atoms with Crippen LogP contribution < -0.4 is 48.5 Å². The Hall–Kier alpha value is -7.86. The van der Waals surface area contributed by atoms with Crippen molar-refractivity contribution in [2.24, 2.45) is 0 Å². The van der Waals surface area contributed by atoms with Crippen LogP contribution in [0.4, 0.5) is 11.6 Å². The molecule has 3 aromatic rings. The van der Waals surface area contributed by atoms with Gasteiger partial charge in [-0.05, 0) is 30.7 Å². The molecule has 0 saturated carbocycles. The van der Waals surface area contributed by atoms with Crippen molar-refractivity contribution in [3.63, 3.8) is 0 Å². The number of nitrogens with two attached hydrogens (primary N) is 1. The van der Waals surface area contributed by atoms with Crippen molar-refractivity contribution >= 4 is 88.8 Å². The number of benzene rings is 1. The summed E-state index contributed by atoms with van der Waals surface area (Å²) in [4.78, 5) is 144. The Labute approximate surface area is 465 Å². The summed E-state index contributed by atoms with van der Waals surface area (Å²) in [6.07, 6.45) is -25.0. The van der Waals surface area contributed by atoms with E-state index in [4.69, 9.17) is 5.73 Å². The van der Waals surface area contributed by atoms with Crippen LogP contribution in [-0.4, -0.2) is 267 Å². The minimum atomic E-state index is -2.87. The van der Waals surface area contributed by atoms with Crippen LogP contribution >= 0.6 is 12.6 Å². The van der Waals surface area contributed by atoms with Crippen molar-refractivity contribution in [2.45, 2.75) is 117 Å². The van der Waals surface area contributed by atoms with E-state index in [1.165, 1.54) is 30.5 Å². The lowest BCUT2D eigenvalue weighted by atomic mass is 9.96. The highest BCUT2D eigenvalue weighted by Crippen LogP contribution is 2.15. The quantitative estimate of drug-likeness (QED) is 0.0247. The number of thiol groups is 1. The van der Waals surface area contributed by atoms with Crippen molar-refractivity contribution in [1.29, 1.82) is 0 Å². The number of carboxylic acid groups (broad SMARTS) is 3. The lowest BCUT2D eigenvalue weighted by Crippen LogP contribution is -2.67. The van der Waals surface area contributed by atoms with E-state index in [1.807, 2.05) is 5.32 Å². The summed E-state index contributed by atoms with van der Waals surface area (Å²) >= 11 is 3.75. The Bertz CT molecular complexity index is 2780. The van der Waals surface area contributed by atoms with E-state index in [9.17, 15) is 125 Å². The van der Waals surface area contributed by atoms with Crippen LogP contribution in [0.5, 0.6) is 0 Å². The summed E-state index contributed by atoms with van der Waals surface area (Å²) in [7, 11) is 0. The largest absolute Gasteiger partial charge is 0.481 e. The van der Waals surface area contributed by atoms with Gasteiger partial charge in [0.1, 0.15) is 91.2 Å². The van der Waals surface area contributed by atoms with Crippen LogP contribution in [-0.2, 0) is 44.9 Å². The zero-order valence-electron chi connectivity index (χ0n) is 42.4. The maximum absolute atomic E-state index is 13.9. The second kappa shape index (κ2) is 32.0. The molecule has 25 N–H and O–H groups in total. The molecule has 1 aromatic carbocycles. The van der Waals surface area contributed by atoms with Crippen molar-refractivity contribution in [2.75, 3.05) is 36.6 Å². The summed E-state index contributed by atoms with van der Waals surface area (Å²) < 4.78 is 0. The van der Waals surface area contributed by atoms with Gasteiger partial charge in [0.2, 0.25) is 35.5 Å². The fraction of sp³-hybridized carbons (Fsp3) is 0.523. The van der Waals surface area contributed by atoms with Gasteiger partial charge in [-0.25, -0.2) is 19.6 Å². The lowest BCUT2D eigenvalue weighted by Gasteiger charge is -2.33. The molecule has 37 nitrogen and oxygen atoms in total. The third kappa shape index (κ3) is 19.4. The normalized spacial score (nSPS) is 16.9. The first-order chi connectivity index (χ1) is 38.5. The van der Waals surface area contributed by atoms with Gasteiger partial charge in [0.25, 0.3) is 11.5 Å². The Morgan fingerprint density at radius 2 is 1.05 bits per heavy atom. The number of aromatic amines is 1. The fourth-order valence-corrected chi connectivity index (χ4v) is 7.36. The van der Waals surface area contributed by atoms with Crippen molar-refractivity contribution in [3.05, 3.63) is 52.1 Å². The number of aliphatic hydroxyl groups excluding tert-OH is 12. The van der Waals surface area contributed by atoms with Gasteiger partial charge in [0, 0.05) is 23.4 Å². The number of hydrogen-bond donors (Lipinski definition) is 25. The van der Waals surface area contributed by atoms with E-state index >= 15 is 0 Å². The Kier molecular flexibility index (Phi) is 26.7. The Morgan fingerprint density at radius 3 is 1.51 bits per heavy atom. The minimum absolute atomic E-state index is 0.00368. The number of rotatable bonds is 34. The zero-order chi connectivity index (χ0) is 61.9. The van der Waals surface area contributed by atoms with Gasteiger partial charge in [0.05, 0.1) is 44.7 Å². The van der Waals surface area contributed by atoms with E-state index < -0.39 is 195 Å². The number of carboxylic acids is 3. The third-order valence-corrected chi connectivity index (χ3v) is 12.1. The highest BCUT2D eigenvalue weighted by molar-refractivity contribution is 7.80. The number of amides is 6. The maximum atomic E-state index is 13.9. The minimum Gasteiger partial charge on any atom is -0.481 e. The molecule has 0 radical (unpaired) electrons. The topological polar surface area (TPSA) is 639 Å². The smallest absolute Gasteiger partial charge is 0.327 e. The predicted molar refractivity (Wildman–Crippen MR) is 273 cm³/mol. The van der Waals surface area contributed by atoms with Gasteiger partial charge in [-0.3, -0.25) is 43.3 Å². The van der Waals surface area contributed by atoms with E-state index in [0.29, 0.717) is 11.4 Å². The van der Waals surface area contributed by atoms with Gasteiger partial charge in [-0.15, -0.1) is 0 Å². The molecule has 3 rings (SSSR count). The van der Waals surface area contributed by atoms with Gasteiger partial charge < -0.3 is 120 Å². The van der Waals surface area contributed by atoms with E-state index in [0.717, 1.165) is 0 Å². The lowest BCUT2D eigenvalue weighted by molar-refractivity contribution is -0.148. The van der Waals surface area contributed by atoms with Crippen LogP contribution in [0, 0.1) is 0 Å². The van der Waals surface area contributed by atoms with Crippen molar-refractivity contribution < 1.29 is 120 Å². The van der Waals surface area contributed by atoms with Crippen molar-refractivity contribution in [3.8, 4) is 0 Å². The SMILES string of the molecule is Nc1nc2ncc(CNc3ccc(C(=O)N[C@@H](CCC(=O)N[C@H](C(=O)N[C@@H](CC(=O)O)C(=O)N[C@H](C(=O)N[C@H](C(=O)N[C@@H](CS)C(=O)O)[C@@H](O)[C@H](O)[C@H](O)CO)[C@@H](O)C(O)[C@H](O)CO)[C@@H](O)C(O)[C@H](O)CO)C(=O)O)cc3)nc2c(=O)[nH]1. The van der Waals surface area contributed by atoms with Crippen molar-refractivity contribution in [1.82, 2.24) is 51.8 Å². The molecular formula is C44H62N12O25S. The zero-order valence-corrected chi connectivity index (χ0v) is 43.3. The molecule has 0 aliphatic carbocycles. The summed E-state index contributed by atoms with van der Waals surface area (Å²) in [5.74, 6) is -16.0. The molecule has 82 heavy (non-hydrogen) atoms. The molecule has 2 unspecified atom stereocenters. The highest BCUT2D eigenvalue weighted by Gasteiger charge is 2.44. The molecule has 38 heteroatoms. The monoisotopic (exact) mass is 1190 g/mol. The number of nitrogen functional groups attached to an aromatic ring is 1. The number of aromatic nitrogens is 4. The number of aliphatic carboxylic acids is 3. The molecule has 0 fully saturated rings. The molecule has 6 amide bonds. The summed E-state index contributed by atoms with van der Waals surface area (Å²) in [5.41, 5.74) is 5.43. The number of hydrogen-bond acceptors (Lipinski definition) is 28. The molecule has 454 valence electrons. The van der Waals surface area contributed by atoms with Gasteiger partial charge in [-0.1, -0.05) is 0 Å². The van der Waals surface area contributed by atoms with Crippen LogP contribution in [0.15, 0.2) is 35.3 Å². The summed E-state index contributed by atoms with van der Waals surface area (Å²) in [5, 5.41) is 166. The second-order valence-electron chi connectivity index (χ2n) is 17.8. The first-order valence-corrected chi connectivity index (χ1v) is 24.5. The summed E-state index contributed by atoms with van der Waals surface area (Å²) in [6.45, 7) is -3.94. The standard InChI is InChI=1S/C44H62N12O25S/c45-44-55-35-28(41(77)56-44)48-16(9-47-35)8-46-15-3-1-14(2-4-15)36(72)49-17(42(78)79)5-6-23(63)52-25(32(69)29(66)20(60)10-57)38(74)50-18(7-24(64)65)37(73)53-27(34(71)31(68)22(62)12-59)40(76)54-26(33(70)30(67)21(61)11-58)39(75)51-19(13-82)43(80)81/h1-4,9,17-22,25-27,29-34,46,57-62,66-71,82H,5-8,10-13H2,(H,49,72)(H,50,74)(H,51,75)(H,52,63)(H,53,73)(H,54,76)(H,64,65)(H,78,79)(H,80,81)(H3,45,47,55,56,77)/t17-,18-,19-,20+,21+,22+,25-,26-,27-,29?,30+,31?,32+,33+,34+/m0/s1. The average molecular weight is 1190 g/mol. The highest BCUT2D eigenvalue weighted by atomic mass is 32.1. The van der Waals surface area contributed by atoms with E-state index in [2.05, 4.69) is 43.2 Å². The number of aliphatic hydroxyl groups is 12. The average Bonchev–Trinajstić information content (AvgIpc) is 3.62. The molecule has 2 heterocycles. The second-order valence-corrected chi connectivity index (χ2v) is 18.1. The number of fused-ring (bicyclic) bond motifs is 1. The van der Waals surface area contributed by atoms with Gasteiger partial charge >= 0.3 is 17.9 Å². The number of anilines is 2. The fourth-order valence-electron chi connectivity index (χ4n) is 7.11. The Morgan fingerprint density at radius 1 is 0.585 bits per heavy atom. The number of carbonyl (C=O) groups is 9. The Balaban J connectivity index is 1.87. The van der Waals surface area contributed by atoms with Crippen LogP contribution in [0.2, 0.25) is 0 Å². The summed E-state index contributed by atoms with van der Waals surface area (Å²) in [6, 6.07) is -9.05. The predicted octanol–water partition coefficient (Wildman–Crippen LogP) is -12.0. The molecule has 0 aliphatic heterocycles. The van der Waals surface area contributed by atoms with Gasteiger partial charge in [-0.2, -0.15) is 17.6 Å². The third-order valence-electron chi connectivity index (χ3n) is 11.8. The van der Waals surface area contributed by atoms with Crippen LogP contribution in [0.25, 0.3) is 11.2 Å². The van der Waals surface area contributed by atoms with Gasteiger partial charge in [0.15, 0.2) is 11.2 Å². The molecule has 0 bridgehead atoms. The maximum Gasteiger partial charge on any atom is 0.327 e. The molecular weight excluding hydrogens is 1130 g/mol. The first-order valence-electron chi connectivity index (χ1n) is 23.9. The number of nitrogens with one attached hydrogen (secondary N) is 8. The molecule has 0 spiro atoms. The first kappa shape index (κ1) is 68.4.